The Kier molecular flexibility index (Phi) is 2.34. The van der Waals surface area contributed by atoms with E-state index in [0.29, 0.717) is 6.92 Å². The monoisotopic (exact) mass is 260 g/mol. The molecule has 1 aliphatic carbocycles. The van der Waals surface area contributed by atoms with Crippen LogP contribution in [0.25, 0.3) is 0 Å². The van der Waals surface area contributed by atoms with E-state index >= 15 is 0 Å². The van der Waals surface area contributed by atoms with Crippen LogP contribution in [0.3, 0.4) is 0 Å². The maximum Gasteiger partial charge on any atom is 0.381 e. The molecule has 0 unspecified atom stereocenters. The summed E-state index contributed by atoms with van der Waals surface area (Å²) >= 11 is 0. The summed E-state index contributed by atoms with van der Waals surface area (Å²) in [6.07, 6.45) is -1.86. The molecule has 0 aromatic heterocycles. The summed E-state index contributed by atoms with van der Waals surface area (Å²) in [5.41, 5.74) is -5.27. The van der Waals surface area contributed by atoms with Gasteiger partial charge in [0.2, 0.25) is 5.67 Å². The predicted octanol–water partition coefficient (Wildman–Crippen LogP) is 3.66. The van der Waals surface area contributed by atoms with Crippen LogP contribution in [0.5, 0.6) is 0 Å². The normalized spacial score (nSPS) is 32.6. The minimum Gasteiger partial charge on any atom is -0.230 e. The lowest BCUT2D eigenvalue weighted by molar-refractivity contribution is -0.303. The van der Waals surface area contributed by atoms with E-state index in [9.17, 15) is 39.5 Å². The lowest BCUT2D eigenvalue weighted by Crippen LogP contribution is -2.54. The van der Waals surface area contributed by atoms with E-state index in [2.05, 4.69) is 0 Å². The summed E-state index contributed by atoms with van der Waals surface area (Å²) in [6.45, 7) is 0.360. The first kappa shape index (κ1) is 13.4. The maximum absolute atomic E-state index is 13.1. The first-order valence-electron chi connectivity index (χ1n) is 4.01. The minimum atomic E-state index is -6.44. The predicted molar refractivity (Wildman–Crippen MR) is 33.9 cm³/mol. The standard InChI is InChI=1S/C7H5F9/c1-2-3(8)4(9,10)6(13,14)7(15,16)5(3,11)12/h2H2,1H3. The average molecular weight is 260 g/mol. The molecule has 16 heavy (non-hydrogen) atoms. The van der Waals surface area contributed by atoms with Gasteiger partial charge in [0.05, 0.1) is 0 Å². The molecule has 1 aliphatic rings. The molecule has 0 heterocycles. The van der Waals surface area contributed by atoms with E-state index in [1.165, 1.54) is 0 Å². The Morgan fingerprint density at radius 1 is 0.562 bits per heavy atom. The second-order valence-electron chi connectivity index (χ2n) is 3.45. The summed E-state index contributed by atoms with van der Waals surface area (Å²) in [7, 11) is 0. The summed E-state index contributed by atoms with van der Waals surface area (Å²) in [5, 5.41) is 0. The van der Waals surface area contributed by atoms with Gasteiger partial charge in [-0.3, -0.25) is 0 Å². The van der Waals surface area contributed by atoms with Gasteiger partial charge in [0.1, 0.15) is 0 Å². The van der Waals surface area contributed by atoms with Crippen LogP contribution in [0, 0.1) is 0 Å². The van der Waals surface area contributed by atoms with Crippen molar-refractivity contribution in [1.29, 1.82) is 0 Å². The van der Waals surface area contributed by atoms with E-state index in [1.807, 2.05) is 0 Å². The molecule has 0 nitrogen and oxygen atoms in total. The third-order valence-corrected chi connectivity index (χ3v) is 2.67. The van der Waals surface area contributed by atoms with Gasteiger partial charge in [0, 0.05) is 0 Å². The minimum absolute atomic E-state index is 0.360. The van der Waals surface area contributed by atoms with E-state index in [1.54, 1.807) is 0 Å². The van der Waals surface area contributed by atoms with Gasteiger partial charge in [0.15, 0.2) is 0 Å². The van der Waals surface area contributed by atoms with Crippen LogP contribution in [0.2, 0.25) is 0 Å². The third-order valence-electron chi connectivity index (χ3n) is 2.67. The Morgan fingerprint density at radius 3 is 0.938 bits per heavy atom. The van der Waals surface area contributed by atoms with E-state index in [4.69, 9.17) is 0 Å². The van der Waals surface area contributed by atoms with Crippen LogP contribution < -0.4 is 0 Å². The highest BCUT2D eigenvalue weighted by atomic mass is 19.4. The number of hydrogen-bond acceptors (Lipinski definition) is 0. The molecule has 0 aromatic carbocycles. The van der Waals surface area contributed by atoms with Crippen LogP contribution in [0.15, 0.2) is 0 Å². The lowest BCUT2D eigenvalue weighted by Gasteiger charge is -2.29. The molecular formula is C7H5F9. The molecule has 0 atom stereocenters. The molecule has 0 bridgehead atoms. The Labute approximate surface area is 83.4 Å². The first-order chi connectivity index (χ1) is 6.81. The molecule has 0 aliphatic heterocycles. The van der Waals surface area contributed by atoms with Gasteiger partial charge in [-0.25, -0.2) is 4.39 Å². The van der Waals surface area contributed by atoms with Crippen molar-refractivity contribution in [3.8, 4) is 0 Å². The average Bonchev–Trinajstić information content (AvgIpc) is 2.18. The third kappa shape index (κ3) is 0.912. The number of halogens is 9. The molecule has 9 heteroatoms. The molecule has 0 radical (unpaired) electrons. The van der Waals surface area contributed by atoms with Gasteiger partial charge >= 0.3 is 23.7 Å². The molecule has 0 saturated heterocycles. The lowest BCUT2D eigenvalue weighted by atomic mass is 9.94. The van der Waals surface area contributed by atoms with Crippen molar-refractivity contribution >= 4 is 0 Å². The quantitative estimate of drug-likeness (QED) is 0.631. The Morgan fingerprint density at radius 2 is 0.812 bits per heavy atom. The second-order valence-corrected chi connectivity index (χ2v) is 3.45. The molecule has 0 amide bonds. The van der Waals surface area contributed by atoms with Crippen LogP contribution in [0.4, 0.5) is 39.5 Å². The van der Waals surface area contributed by atoms with Crippen molar-refractivity contribution in [3.63, 3.8) is 0 Å². The zero-order valence-corrected chi connectivity index (χ0v) is 7.61. The highest BCUT2D eigenvalue weighted by Gasteiger charge is 2.99. The van der Waals surface area contributed by atoms with E-state index < -0.39 is 35.8 Å². The smallest absolute Gasteiger partial charge is 0.230 e. The van der Waals surface area contributed by atoms with Gasteiger partial charge in [-0.05, 0) is 6.42 Å². The van der Waals surface area contributed by atoms with Crippen molar-refractivity contribution in [2.75, 3.05) is 0 Å². The molecule has 0 N–H and O–H groups in total. The van der Waals surface area contributed by atoms with Crippen molar-refractivity contribution in [1.82, 2.24) is 0 Å². The second kappa shape index (κ2) is 2.79. The summed E-state index contributed by atoms with van der Waals surface area (Å²) in [5.74, 6) is -25.1. The van der Waals surface area contributed by atoms with Gasteiger partial charge in [-0.1, -0.05) is 6.92 Å². The topological polar surface area (TPSA) is 0 Å². The van der Waals surface area contributed by atoms with Crippen LogP contribution in [-0.2, 0) is 0 Å². The van der Waals surface area contributed by atoms with Gasteiger partial charge in [0.25, 0.3) is 0 Å². The van der Waals surface area contributed by atoms with Gasteiger partial charge < -0.3 is 0 Å². The largest absolute Gasteiger partial charge is 0.381 e. The Hall–Kier alpha value is -0.630. The number of alkyl halides is 9. The van der Waals surface area contributed by atoms with Crippen LogP contribution >= 0.6 is 0 Å². The van der Waals surface area contributed by atoms with E-state index in [-0.39, 0.29) is 0 Å². The summed E-state index contributed by atoms with van der Waals surface area (Å²) < 4.78 is 114. The van der Waals surface area contributed by atoms with Gasteiger partial charge in [-0.2, -0.15) is 35.1 Å². The highest BCUT2D eigenvalue weighted by Crippen LogP contribution is 2.69. The fourth-order valence-corrected chi connectivity index (χ4v) is 1.53. The summed E-state index contributed by atoms with van der Waals surface area (Å²) in [6, 6.07) is 0. The zero-order chi connectivity index (χ0) is 13.2. The fourth-order valence-electron chi connectivity index (χ4n) is 1.53. The number of rotatable bonds is 1. The first-order valence-corrected chi connectivity index (χ1v) is 4.01. The zero-order valence-electron chi connectivity index (χ0n) is 7.61. The highest BCUT2D eigenvalue weighted by molar-refractivity contribution is 5.26. The Bertz CT molecular complexity index is 279. The molecule has 1 saturated carbocycles. The van der Waals surface area contributed by atoms with Crippen molar-refractivity contribution in [2.45, 2.75) is 42.7 Å². The summed E-state index contributed by atoms with van der Waals surface area (Å²) in [4.78, 5) is 0. The van der Waals surface area contributed by atoms with Crippen LogP contribution in [0.1, 0.15) is 13.3 Å². The maximum atomic E-state index is 13.1. The SMILES string of the molecule is CCC1(F)C(F)(F)C(F)(F)C(F)(F)C1(F)F. The van der Waals surface area contributed by atoms with E-state index in [0.717, 1.165) is 0 Å². The molecule has 1 rings (SSSR count). The molecule has 0 aromatic rings. The molecular weight excluding hydrogens is 255 g/mol. The van der Waals surface area contributed by atoms with Crippen molar-refractivity contribution in [2.24, 2.45) is 0 Å². The van der Waals surface area contributed by atoms with Gasteiger partial charge in [-0.15, -0.1) is 0 Å². The Balaban J connectivity index is 3.58. The number of hydrogen-bond donors (Lipinski definition) is 0. The van der Waals surface area contributed by atoms with Crippen molar-refractivity contribution in [3.05, 3.63) is 0 Å². The van der Waals surface area contributed by atoms with Crippen LogP contribution in [-0.4, -0.2) is 29.4 Å². The molecule has 1 fully saturated rings. The molecule has 96 valence electrons. The fraction of sp³-hybridized carbons (Fsp3) is 1.00. The van der Waals surface area contributed by atoms with Crippen molar-refractivity contribution < 1.29 is 39.5 Å². The molecule has 0 spiro atoms.